The van der Waals surface area contributed by atoms with Crippen LogP contribution in [-0.2, 0) is 9.84 Å². The van der Waals surface area contributed by atoms with Crippen LogP contribution >= 0.6 is 11.6 Å². The van der Waals surface area contributed by atoms with Crippen LogP contribution in [0.1, 0.15) is 32.1 Å². The zero-order valence-corrected chi connectivity index (χ0v) is 17.1. The molecule has 4 rings (SSSR count). The normalized spacial score (nSPS) is 15.4. The lowest BCUT2D eigenvalue weighted by Crippen LogP contribution is -2.23. The van der Waals surface area contributed by atoms with E-state index in [-0.39, 0.29) is 33.3 Å². The highest BCUT2D eigenvalue weighted by atomic mass is 35.5. The lowest BCUT2D eigenvalue weighted by molar-refractivity contribution is 0.449. The van der Waals surface area contributed by atoms with Gasteiger partial charge in [-0.15, -0.1) is 0 Å². The van der Waals surface area contributed by atoms with Crippen molar-refractivity contribution >= 4 is 27.3 Å². The summed E-state index contributed by atoms with van der Waals surface area (Å²) in [6.07, 6.45) is 5.10. The smallest absolute Gasteiger partial charge is 0.234 e. The molecule has 0 saturated heterocycles. The van der Waals surface area contributed by atoms with Gasteiger partial charge < -0.3 is 9.73 Å². The van der Waals surface area contributed by atoms with E-state index >= 15 is 0 Å². The summed E-state index contributed by atoms with van der Waals surface area (Å²) in [6, 6.07) is 11.9. The van der Waals surface area contributed by atoms with Crippen LogP contribution < -0.4 is 5.32 Å². The summed E-state index contributed by atoms with van der Waals surface area (Å²) >= 11 is 5.89. The monoisotopic (exact) mass is 434 g/mol. The summed E-state index contributed by atoms with van der Waals surface area (Å²) in [5.74, 6) is -0.563. The number of halogens is 2. The first-order valence-corrected chi connectivity index (χ1v) is 11.3. The second-order valence-corrected chi connectivity index (χ2v) is 9.37. The first kappa shape index (κ1) is 19.9. The molecule has 0 aliphatic heterocycles. The van der Waals surface area contributed by atoms with E-state index in [1.54, 1.807) is 12.1 Å². The van der Waals surface area contributed by atoms with Gasteiger partial charge in [0, 0.05) is 11.1 Å². The molecule has 0 unspecified atom stereocenters. The molecule has 1 saturated carbocycles. The highest BCUT2D eigenvalue weighted by Gasteiger charge is 2.30. The molecule has 1 heterocycles. The molecule has 29 heavy (non-hydrogen) atoms. The summed E-state index contributed by atoms with van der Waals surface area (Å²) in [4.78, 5) is 4.23. The molecular formula is C21H20ClFN2O3S. The molecule has 3 aromatic rings. The first-order chi connectivity index (χ1) is 13.9. The Morgan fingerprint density at radius 2 is 1.72 bits per heavy atom. The number of hydrogen-bond acceptors (Lipinski definition) is 5. The highest BCUT2D eigenvalue weighted by molar-refractivity contribution is 7.91. The average Bonchev–Trinajstić information content (AvgIpc) is 3.14. The van der Waals surface area contributed by atoms with Crippen molar-refractivity contribution in [3.63, 3.8) is 0 Å². The van der Waals surface area contributed by atoms with E-state index in [0.29, 0.717) is 5.02 Å². The number of nitrogens with one attached hydrogen (secondary N) is 1. The number of rotatable bonds is 5. The van der Waals surface area contributed by atoms with E-state index in [1.807, 2.05) is 0 Å². The van der Waals surface area contributed by atoms with E-state index < -0.39 is 15.7 Å². The molecule has 0 amide bonds. The van der Waals surface area contributed by atoms with Crippen molar-refractivity contribution in [3.05, 3.63) is 59.4 Å². The van der Waals surface area contributed by atoms with Crippen LogP contribution in [0.3, 0.4) is 0 Å². The Morgan fingerprint density at radius 3 is 2.41 bits per heavy atom. The molecule has 1 N–H and O–H groups in total. The molecule has 0 atom stereocenters. The number of benzene rings is 2. The van der Waals surface area contributed by atoms with Gasteiger partial charge in [0.05, 0.1) is 10.5 Å². The van der Waals surface area contributed by atoms with Gasteiger partial charge in [-0.1, -0.05) is 43.0 Å². The predicted molar refractivity (Wildman–Crippen MR) is 109 cm³/mol. The maximum Gasteiger partial charge on any atom is 0.234 e. The Morgan fingerprint density at radius 1 is 1.03 bits per heavy atom. The van der Waals surface area contributed by atoms with Crippen molar-refractivity contribution in [3.8, 4) is 11.5 Å². The molecule has 8 heteroatoms. The fraction of sp³-hybridized carbons (Fsp3) is 0.286. The van der Waals surface area contributed by atoms with Crippen molar-refractivity contribution in [2.45, 2.75) is 48.1 Å². The van der Waals surface area contributed by atoms with E-state index in [0.717, 1.165) is 32.1 Å². The molecule has 0 spiro atoms. The van der Waals surface area contributed by atoms with E-state index in [4.69, 9.17) is 16.0 Å². The Labute approximate surface area is 173 Å². The third-order valence-electron chi connectivity index (χ3n) is 5.02. The van der Waals surface area contributed by atoms with Crippen LogP contribution in [0.5, 0.6) is 0 Å². The number of oxazole rings is 1. The van der Waals surface area contributed by atoms with Crippen molar-refractivity contribution < 1.29 is 17.2 Å². The minimum absolute atomic E-state index is 0.0435. The van der Waals surface area contributed by atoms with E-state index in [1.165, 1.54) is 36.4 Å². The number of hydrogen-bond donors (Lipinski definition) is 1. The average molecular weight is 435 g/mol. The molecule has 5 nitrogen and oxygen atoms in total. The molecular weight excluding hydrogens is 415 g/mol. The van der Waals surface area contributed by atoms with Crippen molar-refractivity contribution in [1.82, 2.24) is 4.98 Å². The molecule has 0 radical (unpaired) electrons. The van der Waals surface area contributed by atoms with Crippen molar-refractivity contribution in [2.24, 2.45) is 0 Å². The molecule has 2 aromatic carbocycles. The summed E-state index contributed by atoms with van der Waals surface area (Å²) < 4.78 is 46.5. The summed E-state index contributed by atoms with van der Waals surface area (Å²) in [5.41, 5.74) is 0.108. The van der Waals surface area contributed by atoms with Gasteiger partial charge in [0.15, 0.2) is 0 Å². The molecule has 0 bridgehead atoms. The third kappa shape index (κ3) is 4.16. The van der Waals surface area contributed by atoms with Crippen molar-refractivity contribution in [1.29, 1.82) is 0 Å². The molecule has 1 aliphatic carbocycles. The number of aromatic nitrogens is 1. The molecule has 1 aliphatic rings. The number of sulfone groups is 1. The lowest BCUT2D eigenvalue weighted by Gasteiger charge is -2.22. The Balaban J connectivity index is 1.80. The second-order valence-electron chi connectivity index (χ2n) is 7.07. The van der Waals surface area contributed by atoms with Gasteiger partial charge >= 0.3 is 0 Å². The Kier molecular flexibility index (Phi) is 5.61. The largest absolute Gasteiger partial charge is 0.419 e. The van der Waals surface area contributed by atoms with Crippen LogP contribution in [0.2, 0.25) is 5.02 Å². The second kappa shape index (κ2) is 8.16. The molecule has 1 fully saturated rings. The summed E-state index contributed by atoms with van der Waals surface area (Å²) in [5, 5.41) is 3.37. The Bertz CT molecular complexity index is 1110. The predicted octanol–water partition coefficient (Wildman–Crippen LogP) is 5.71. The maximum absolute atomic E-state index is 14.3. The fourth-order valence-electron chi connectivity index (χ4n) is 3.49. The first-order valence-electron chi connectivity index (χ1n) is 9.48. The van der Waals surface area contributed by atoms with Crippen LogP contribution in [0, 0.1) is 5.82 Å². The fourth-order valence-corrected chi connectivity index (χ4v) is 4.88. The SMILES string of the molecule is O=S(=O)(c1ccc(Cl)cc1)c1nc(-c2ccccc2F)oc1NC1CCCCC1. The number of nitrogens with zero attached hydrogens (tertiary/aromatic N) is 1. The zero-order chi connectivity index (χ0) is 20.4. The van der Waals surface area contributed by atoms with Crippen LogP contribution in [0.4, 0.5) is 10.3 Å². The van der Waals surface area contributed by atoms with Crippen LogP contribution in [-0.4, -0.2) is 19.4 Å². The van der Waals surface area contributed by atoms with E-state index in [2.05, 4.69) is 10.3 Å². The molecule has 152 valence electrons. The zero-order valence-electron chi connectivity index (χ0n) is 15.6. The highest BCUT2D eigenvalue weighted by Crippen LogP contribution is 2.35. The van der Waals surface area contributed by atoms with E-state index in [9.17, 15) is 12.8 Å². The van der Waals surface area contributed by atoms with Gasteiger partial charge in [-0.2, -0.15) is 4.98 Å². The standard InChI is InChI=1S/C21H20ClFN2O3S/c22-14-10-12-16(13-11-14)29(26,27)21-20(24-15-6-2-1-3-7-15)28-19(25-21)17-8-4-5-9-18(17)23/h4-5,8-13,15,24H,1-3,6-7H2. The third-order valence-corrected chi connectivity index (χ3v) is 6.95. The quantitative estimate of drug-likeness (QED) is 0.556. The number of anilines is 1. The maximum atomic E-state index is 14.3. The van der Waals surface area contributed by atoms with Gasteiger partial charge in [0.1, 0.15) is 5.82 Å². The van der Waals surface area contributed by atoms with Gasteiger partial charge in [-0.05, 0) is 49.2 Å². The van der Waals surface area contributed by atoms with Gasteiger partial charge in [0.2, 0.25) is 26.6 Å². The molecule has 1 aromatic heterocycles. The summed E-state index contributed by atoms with van der Waals surface area (Å²) in [7, 11) is -3.99. The van der Waals surface area contributed by atoms with Gasteiger partial charge in [-0.3, -0.25) is 0 Å². The minimum Gasteiger partial charge on any atom is -0.419 e. The van der Waals surface area contributed by atoms with Gasteiger partial charge in [-0.25, -0.2) is 12.8 Å². The lowest BCUT2D eigenvalue weighted by atomic mass is 9.96. The topological polar surface area (TPSA) is 72.2 Å². The van der Waals surface area contributed by atoms with Crippen LogP contribution in [0.15, 0.2) is 62.9 Å². The van der Waals surface area contributed by atoms with Gasteiger partial charge in [0.25, 0.3) is 0 Å². The van der Waals surface area contributed by atoms with Crippen LogP contribution in [0.25, 0.3) is 11.5 Å². The van der Waals surface area contributed by atoms with Crippen molar-refractivity contribution in [2.75, 3.05) is 5.32 Å². The summed E-state index contributed by atoms with van der Waals surface area (Å²) in [6.45, 7) is 0. The minimum atomic E-state index is -3.99. The Hall–Kier alpha value is -2.38.